The number of hydrogen-bond donors (Lipinski definition) is 1. The van der Waals surface area contributed by atoms with Crippen LogP contribution in [0.15, 0.2) is 54.7 Å². The summed E-state index contributed by atoms with van der Waals surface area (Å²) in [6.45, 7) is 4.61. The number of anilines is 1. The zero-order chi connectivity index (χ0) is 17.8. The normalized spacial score (nSPS) is 10.7. The molecule has 0 aliphatic heterocycles. The Bertz CT molecular complexity index is 887. The molecule has 1 aromatic heterocycles. The molecule has 4 nitrogen and oxygen atoms in total. The fourth-order valence-corrected chi connectivity index (χ4v) is 2.96. The minimum Gasteiger partial charge on any atom is -0.322 e. The topological polar surface area (TPSA) is 46.9 Å². The van der Waals surface area contributed by atoms with Gasteiger partial charge in [0.05, 0.1) is 24.0 Å². The fourth-order valence-electron chi connectivity index (χ4n) is 2.78. The summed E-state index contributed by atoms with van der Waals surface area (Å²) in [7, 11) is 0. The van der Waals surface area contributed by atoms with Crippen molar-refractivity contribution in [2.24, 2.45) is 0 Å². The van der Waals surface area contributed by atoms with Crippen molar-refractivity contribution in [3.05, 3.63) is 82.1 Å². The third-order valence-corrected chi connectivity index (χ3v) is 4.39. The molecule has 0 aliphatic rings. The number of aromatic nitrogens is 2. The molecule has 0 radical (unpaired) electrons. The number of amides is 1. The summed E-state index contributed by atoms with van der Waals surface area (Å²) in [5.41, 5.74) is 4.35. The van der Waals surface area contributed by atoms with Gasteiger partial charge in [0.2, 0.25) is 0 Å². The average molecular weight is 354 g/mol. The van der Waals surface area contributed by atoms with Crippen molar-refractivity contribution in [2.45, 2.75) is 26.8 Å². The van der Waals surface area contributed by atoms with Crippen LogP contribution in [0.1, 0.15) is 34.1 Å². The first kappa shape index (κ1) is 17.2. The minimum atomic E-state index is -0.165. The lowest BCUT2D eigenvalue weighted by Crippen LogP contribution is -2.15. The van der Waals surface area contributed by atoms with Gasteiger partial charge in [-0.2, -0.15) is 5.10 Å². The monoisotopic (exact) mass is 353 g/mol. The van der Waals surface area contributed by atoms with Gasteiger partial charge >= 0.3 is 0 Å². The predicted octanol–water partition coefficient (Wildman–Crippen LogP) is 4.71. The molecule has 0 atom stereocenters. The molecule has 0 saturated heterocycles. The first-order chi connectivity index (χ1) is 12.1. The number of carbonyl (C=O) groups is 1. The molecule has 1 amide bonds. The molecule has 0 saturated carbocycles. The van der Waals surface area contributed by atoms with Gasteiger partial charge in [-0.05, 0) is 36.6 Å². The Morgan fingerprint density at radius 2 is 1.96 bits per heavy atom. The quantitative estimate of drug-likeness (QED) is 0.722. The fraction of sp³-hybridized carbons (Fsp3) is 0.200. The van der Waals surface area contributed by atoms with Crippen molar-refractivity contribution in [1.29, 1.82) is 0 Å². The lowest BCUT2D eigenvalue weighted by molar-refractivity contribution is 0.102. The van der Waals surface area contributed by atoms with Gasteiger partial charge in [0, 0.05) is 10.7 Å². The maximum absolute atomic E-state index is 12.7. The van der Waals surface area contributed by atoms with Gasteiger partial charge in [-0.3, -0.25) is 9.48 Å². The number of halogens is 1. The molecule has 1 N–H and O–H groups in total. The van der Waals surface area contributed by atoms with Gasteiger partial charge < -0.3 is 5.32 Å². The van der Waals surface area contributed by atoms with Gasteiger partial charge in [-0.1, -0.05) is 54.9 Å². The van der Waals surface area contributed by atoms with Gasteiger partial charge in [0.25, 0.3) is 5.91 Å². The largest absolute Gasteiger partial charge is 0.322 e. The highest BCUT2D eigenvalue weighted by Crippen LogP contribution is 2.22. The van der Waals surface area contributed by atoms with E-state index in [0.29, 0.717) is 17.1 Å². The summed E-state index contributed by atoms with van der Waals surface area (Å²) in [6.07, 6.45) is 2.36. The Labute approximate surface area is 152 Å². The Morgan fingerprint density at radius 1 is 1.20 bits per heavy atom. The van der Waals surface area contributed by atoms with E-state index in [1.807, 2.05) is 48.9 Å². The van der Waals surface area contributed by atoms with E-state index in [-0.39, 0.29) is 5.91 Å². The summed E-state index contributed by atoms with van der Waals surface area (Å²) in [5, 5.41) is 7.95. The van der Waals surface area contributed by atoms with Crippen LogP contribution in [0, 0.1) is 6.92 Å². The van der Waals surface area contributed by atoms with Crippen LogP contribution in [-0.4, -0.2) is 15.7 Å². The zero-order valence-corrected chi connectivity index (χ0v) is 15.0. The number of hydrogen-bond acceptors (Lipinski definition) is 2. The number of benzene rings is 2. The van der Waals surface area contributed by atoms with E-state index in [2.05, 4.69) is 22.5 Å². The second-order valence-electron chi connectivity index (χ2n) is 5.92. The SMILES string of the molecule is CCc1c(C(=O)Nc2cc(Cl)ccc2C)cnn1Cc1ccccc1. The maximum Gasteiger partial charge on any atom is 0.259 e. The van der Waals surface area contributed by atoms with Crippen LogP contribution < -0.4 is 5.32 Å². The van der Waals surface area contributed by atoms with Crippen LogP contribution in [0.4, 0.5) is 5.69 Å². The maximum atomic E-state index is 12.7. The highest BCUT2D eigenvalue weighted by atomic mass is 35.5. The third-order valence-electron chi connectivity index (χ3n) is 4.15. The first-order valence-corrected chi connectivity index (χ1v) is 8.62. The molecule has 0 unspecified atom stereocenters. The second kappa shape index (κ2) is 7.53. The van der Waals surface area contributed by atoms with E-state index < -0.39 is 0 Å². The van der Waals surface area contributed by atoms with Crippen molar-refractivity contribution in [2.75, 3.05) is 5.32 Å². The molecule has 0 spiro atoms. The van der Waals surface area contributed by atoms with Crippen LogP contribution >= 0.6 is 11.6 Å². The number of aryl methyl sites for hydroxylation is 1. The van der Waals surface area contributed by atoms with Crippen molar-refractivity contribution in [1.82, 2.24) is 9.78 Å². The molecular weight excluding hydrogens is 334 g/mol. The molecule has 3 rings (SSSR count). The molecular formula is C20H20ClN3O. The van der Waals surface area contributed by atoms with Crippen LogP contribution in [0.3, 0.4) is 0 Å². The van der Waals surface area contributed by atoms with Crippen LogP contribution in [-0.2, 0) is 13.0 Å². The Morgan fingerprint density at radius 3 is 2.68 bits per heavy atom. The van der Waals surface area contributed by atoms with Gasteiger partial charge in [-0.15, -0.1) is 0 Å². The standard InChI is InChI=1S/C20H20ClN3O/c1-3-19-17(12-22-24(19)13-15-7-5-4-6-8-15)20(25)23-18-11-16(21)10-9-14(18)2/h4-12H,3,13H2,1-2H3,(H,23,25). The van der Waals surface area contributed by atoms with E-state index in [0.717, 1.165) is 28.9 Å². The van der Waals surface area contributed by atoms with E-state index in [1.165, 1.54) is 0 Å². The lowest BCUT2D eigenvalue weighted by atomic mass is 10.1. The summed E-state index contributed by atoms with van der Waals surface area (Å²) in [4.78, 5) is 12.7. The van der Waals surface area contributed by atoms with Crippen molar-refractivity contribution in [3.8, 4) is 0 Å². The molecule has 0 fully saturated rings. The second-order valence-corrected chi connectivity index (χ2v) is 6.35. The Hall–Kier alpha value is -2.59. The van der Waals surface area contributed by atoms with E-state index in [9.17, 15) is 4.79 Å². The molecule has 5 heteroatoms. The molecule has 2 aromatic carbocycles. The van der Waals surface area contributed by atoms with Crippen molar-refractivity contribution >= 4 is 23.2 Å². The highest BCUT2D eigenvalue weighted by Gasteiger charge is 2.17. The molecule has 0 aliphatic carbocycles. The lowest BCUT2D eigenvalue weighted by Gasteiger charge is -2.10. The number of rotatable bonds is 5. The van der Waals surface area contributed by atoms with Crippen LogP contribution in [0.2, 0.25) is 5.02 Å². The third kappa shape index (κ3) is 3.91. The van der Waals surface area contributed by atoms with Gasteiger partial charge in [-0.25, -0.2) is 0 Å². The van der Waals surface area contributed by atoms with Crippen LogP contribution in [0.25, 0.3) is 0 Å². The molecule has 1 heterocycles. The number of carbonyl (C=O) groups excluding carboxylic acids is 1. The smallest absolute Gasteiger partial charge is 0.259 e. The number of nitrogens with zero attached hydrogens (tertiary/aromatic N) is 2. The first-order valence-electron chi connectivity index (χ1n) is 8.24. The zero-order valence-electron chi connectivity index (χ0n) is 14.3. The van der Waals surface area contributed by atoms with E-state index in [4.69, 9.17) is 11.6 Å². The summed E-state index contributed by atoms with van der Waals surface area (Å²) in [6, 6.07) is 15.5. The predicted molar refractivity (Wildman–Crippen MR) is 101 cm³/mol. The molecule has 128 valence electrons. The summed E-state index contributed by atoms with van der Waals surface area (Å²) < 4.78 is 1.88. The average Bonchev–Trinajstić information content (AvgIpc) is 3.01. The Kier molecular flexibility index (Phi) is 5.19. The minimum absolute atomic E-state index is 0.165. The molecule has 3 aromatic rings. The molecule has 25 heavy (non-hydrogen) atoms. The summed E-state index contributed by atoms with van der Waals surface area (Å²) >= 11 is 6.03. The van der Waals surface area contributed by atoms with Gasteiger partial charge in [0.15, 0.2) is 0 Å². The van der Waals surface area contributed by atoms with Crippen molar-refractivity contribution in [3.63, 3.8) is 0 Å². The van der Waals surface area contributed by atoms with E-state index in [1.54, 1.807) is 12.3 Å². The van der Waals surface area contributed by atoms with Crippen molar-refractivity contribution < 1.29 is 4.79 Å². The highest BCUT2D eigenvalue weighted by molar-refractivity contribution is 6.31. The van der Waals surface area contributed by atoms with Crippen LogP contribution in [0.5, 0.6) is 0 Å². The van der Waals surface area contributed by atoms with Gasteiger partial charge in [0.1, 0.15) is 0 Å². The molecule has 0 bridgehead atoms. The summed E-state index contributed by atoms with van der Waals surface area (Å²) in [5.74, 6) is -0.165. The Balaban J connectivity index is 1.84. The number of nitrogens with one attached hydrogen (secondary N) is 1. The van der Waals surface area contributed by atoms with E-state index >= 15 is 0 Å².